The van der Waals surface area contributed by atoms with Crippen LogP contribution in [0.2, 0.25) is 0 Å². The third-order valence-electron chi connectivity index (χ3n) is 3.52. The van der Waals surface area contributed by atoms with Gasteiger partial charge in [-0.1, -0.05) is 30.7 Å². The lowest BCUT2D eigenvalue weighted by molar-refractivity contribution is 0.102. The summed E-state index contributed by atoms with van der Waals surface area (Å²) < 4.78 is 0. The molecule has 2 aromatic rings. The van der Waals surface area contributed by atoms with E-state index in [4.69, 9.17) is 0 Å². The molecule has 0 aliphatic heterocycles. The van der Waals surface area contributed by atoms with Crippen molar-refractivity contribution in [2.45, 2.75) is 25.2 Å². The topological polar surface area (TPSA) is 42.9 Å². The van der Waals surface area contributed by atoms with Crippen LogP contribution in [-0.4, -0.2) is 15.8 Å². The second kappa shape index (κ2) is 4.69. The molecule has 3 rings (SSSR count). The number of carbonyl (C=O) groups is 1. The standard InChI is InChI=1S/C15H14N2O/c18-14(15-16-9-4-10-17-15)13-8-2-1-7-12(13)11-5-3-6-11/h1-2,4,7-11H,3,5-6H2. The van der Waals surface area contributed by atoms with Crippen LogP contribution in [-0.2, 0) is 0 Å². The fourth-order valence-corrected chi connectivity index (χ4v) is 2.32. The molecule has 0 radical (unpaired) electrons. The number of rotatable bonds is 3. The number of nitrogens with zero attached hydrogens (tertiary/aromatic N) is 2. The number of ketones is 1. The minimum absolute atomic E-state index is 0.0712. The molecule has 1 aliphatic carbocycles. The minimum atomic E-state index is -0.0712. The number of aromatic nitrogens is 2. The largest absolute Gasteiger partial charge is 0.285 e. The van der Waals surface area contributed by atoms with Gasteiger partial charge in [-0.2, -0.15) is 0 Å². The summed E-state index contributed by atoms with van der Waals surface area (Å²) >= 11 is 0. The van der Waals surface area contributed by atoms with Crippen LogP contribution in [0.5, 0.6) is 0 Å². The molecule has 0 bridgehead atoms. The molecule has 0 spiro atoms. The van der Waals surface area contributed by atoms with Crippen LogP contribution in [0.15, 0.2) is 42.7 Å². The quantitative estimate of drug-likeness (QED) is 0.772. The van der Waals surface area contributed by atoms with Crippen molar-refractivity contribution in [3.63, 3.8) is 0 Å². The Morgan fingerprint density at radius 3 is 2.44 bits per heavy atom. The van der Waals surface area contributed by atoms with Gasteiger partial charge in [0, 0.05) is 18.0 Å². The molecule has 1 aliphatic rings. The number of carbonyl (C=O) groups excluding carboxylic acids is 1. The van der Waals surface area contributed by atoms with E-state index < -0.39 is 0 Å². The van der Waals surface area contributed by atoms with Crippen LogP contribution in [0, 0.1) is 0 Å². The SMILES string of the molecule is O=C(c1ncccn1)c1ccccc1C1CCC1. The number of hydrogen-bond donors (Lipinski definition) is 0. The summed E-state index contributed by atoms with van der Waals surface area (Å²) in [4.78, 5) is 20.5. The van der Waals surface area contributed by atoms with Crippen molar-refractivity contribution < 1.29 is 4.79 Å². The molecule has 1 heterocycles. The molecule has 0 atom stereocenters. The molecule has 18 heavy (non-hydrogen) atoms. The minimum Gasteiger partial charge on any atom is -0.285 e. The van der Waals surface area contributed by atoms with Gasteiger partial charge in [-0.15, -0.1) is 0 Å². The number of benzene rings is 1. The normalized spacial score (nSPS) is 15.1. The lowest BCUT2D eigenvalue weighted by Gasteiger charge is -2.27. The summed E-state index contributed by atoms with van der Waals surface area (Å²) in [5, 5.41) is 0. The molecule has 90 valence electrons. The molecule has 0 saturated heterocycles. The van der Waals surface area contributed by atoms with Gasteiger partial charge < -0.3 is 0 Å². The van der Waals surface area contributed by atoms with Crippen LogP contribution < -0.4 is 0 Å². The van der Waals surface area contributed by atoms with Gasteiger partial charge in [0.15, 0.2) is 0 Å². The van der Waals surface area contributed by atoms with E-state index in [1.54, 1.807) is 18.5 Å². The average molecular weight is 238 g/mol. The first-order valence-corrected chi connectivity index (χ1v) is 6.27. The highest BCUT2D eigenvalue weighted by Crippen LogP contribution is 2.38. The molecule has 0 amide bonds. The van der Waals surface area contributed by atoms with Gasteiger partial charge in [-0.25, -0.2) is 9.97 Å². The second-order valence-electron chi connectivity index (χ2n) is 4.62. The molecular weight excluding hydrogens is 224 g/mol. The van der Waals surface area contributed by atoms with E-state index in [0.717, 1.165) is 11.1 Å². The first kappa shape index (κ1) is 11.1. The summed E-state index contributed by atoms with van der Waals surface area (Å²) in [6.45, 7) is 0. The molecule has 1 aromatic carbocycles. The Morgan fingerprint density at radius 1 is 1.06 bits per heavy atom. The lowest BCUT2D eigenvalue weighted by Crippen LogP contribution is -2.15. The summed E-state index contributed by atoms with van der Waals surface area (Å²) in [6.07, 6.45) is 6.83. The Hall–Kier alpha value is -2.03. The van der Waals surface area contributed by atoms with Crippen LogP contribution in [0.3, 0.4) is 0 Å². The first-order valence-electron chi connectivity index (χ1n) is 6.27. The van der Waals surface area contributed by atoms with Crippen LogP contribution in [0.4, 0.5) is 0 Å². The molecule has 1 saturated carbocycles. The Labute approximate surface area is 106 Å². The highest BCUT2D eigenvalue weighted by atomic mass is 16.1. The van der Waals surface area contributed by atoms with Gasteiger partial charge in [0.1, 0.15) is 0 Å². The Morgan fingerprint density at radius 2 is 1.78 bits per heavy atom. The smallest absolute Gasteiger partial charge is 0.230 e. The maximum atomic E-state index is 12.4. The number of hydrogen-bond acceptors (Lipinski definition) is 3. The van der Waals surface area contributed by atoms with Crippen molar-refractivity contribution in [3.8, 4) is 0 Å². The highest BCUT2D eigenvalue weighted by molar-refractivity contribution is 6.07. The molecule has 3 heteroatoms. The van der Waals surface area contributed by atoms with Crippen LogP contribution in [0.25, 0.3) is 0 Å². The van der Waals surface area contributed by atoms with Crippen molar-refractivity contribution in [2.75, 3.05) is 0 Å². The lowest BCUT2D eigenvalue weighted by atomic mass is 9.77. The predicted octanol–water partition coefficient (Wildman–Crippen LogP) is 2.98. The third-order valence-corrected chi connectivity index (χ3v) is 3.52. The Balaban J connectivity index is 1.99. The second-order valence-corrected chi connectivity index (χ2v) is 4.62. The zero-order valence-electron chi connectivity index (χ0n) is 10.0. The van der Waals surface area contributed by atoms with Crippen molar-refractivity contribution in [2.24, 2.45) is 0 Å². The monoisotopic (exact) mass is 238 g/mol. The summed E-state index contributed by atoms with van der Waals surface area (Å²) in [5.74, 6) is 0.747. The van der Waals surface area contributed by atoms with Crippen LogP contribution in [0.1, 0.15) is 46.9 Å². The maximum absolute atomic E-state index is 12.4. The van der Waals surface area contributed by atoms with E-state index in [2.05, 4.69) is 16.0 Å². The van der Waals surface area contributed by atoms with E-state index in [-0.39, 0.29) is 11.6 Å². The van der Waals surface area contributed by atoms with Gasteiger partial charge in [-0.05, 0) is 30.4 Å². The molecule has 0 unspecified atom stereocenters. The fraction of sp³-hybridized carbons (Fsp3) is 0.267. The van der Waals surface area contributed by atoms with Gasteiger partial charge in [0.2, 0.25) is 11.6 Å². The highest BCUT2D eigenvalue weighted by Gasteiger charge is 2.25. The Kier molecular flexibility index (Phi) is 2.89. The zero-order valence-corrected chi connectivity index (χ0v) is 10.0. The van der Waals surface area contributed by atoms with Gasteiger partial charge in [-0.3, -0.25) is 4.79 Å². The van der Waals surface area contributed by atoms with E-state index in [0.29, 0.717) is 5.92 Å². The molecule has 3 nitrogen and oxygen atoms in total. The third kappa shape index (κ3) is 1.92. The zero-order chi connectivity index (χ0) is 12.4. The summed E-state index contributed by atoms with van der Waals surface area (Å²) in [7, 11) is 0. The van der Waals surface area contributed by atoms with Crippen molar-refractivity contribution in [1.82, 2.24) is 9.97 Å². The van der Waals surface area contributed by atoms with Crippen molar-refractivity contribution >= 4 is 5.78 Å². The van der Waals surface area contributed by atoms with E-state index in [1.165, 1.54) is 19.3 Å². The molecule has 1 aromatic heterocycles. The van der Waals surface area contributed by atoms with Crippen molar-refractivity contribution in [1.29, 1.82) is 0 Å². The summed E-state index contributed by atoms with van der Waals surface area (Å²) in [6, 6.07) is 9.55. The molecular formula is C15H14N2O. The average Bonchev–Trinajstić information content (AvgIpc) is 2.38. The fourth-order valence-electron chi connectivity index (χ4n) is 2.32. The van der Waals surface area contributed by atoms with E-state index in [9.17, 15) is 4.79 Å². The van der Waals surface area contributed by atoms with Crippen molar-refractivity contribution in [3.05, 3.63) is 59.7 Å². The van der Waals surface area contributed by atoms with E-state index in [1.807, 2.05) is 18.2 Å². The Bertz CT molecular complexity index is 562. The predicted molar refractivity (Wildman–Crippen MR) is 68.5 cm³/mol. The van der Waals surface area contributed by atoms with Gasteiger partial charge in [0.05, 0.1) is 0 Å². The van der Waals surface area contributed by atoms with Gasteiger partial charge in [0.25, 0.3) is 0 Å². The van der Waals surface area contributed by atoms with Gasteiger partial charge >= 0.3 is 0 Å². The first-order chi connectivity index (χ1) is 8.86. The van der Waals surface area contributed by atoms with E-state index >= 15 is 0 Å². The maximum Gasteiger partial charge on any atom is 0.230 e. The summed E-state index contributed by atoms with van der Waals surface area (Å²) in [5.41, 5.74) is 1.91. The molecule has 1 fully saturated rings. The molecule has 0 N–H and O–H groups in total. The van der Waals surface area contributed by atoms with Crippen LogP contribution >= 0.6 is 0 Å².